The average Bonchev–Trinajstić information content (AvgIpc) is 2.42. The van der Waals surface area contributed by atoms with Crippen LogP contribution in [0, 0.1) is 18.6 Å². The van der Waals surface area contributed by atoms with E-state index in [1.54, 1.807) is 6.20 Å². The van der Waals surface area contributed by atoms with Gasteiger partial charge in [0.05, 0.1) is 11.1 Å². The maximum atomic E-state index is 14.1. The number of nitrogens with zero attached hydrogens (tertiary/aromatic N) is 1. The largest absolute Gasteiger partial charge is 0.306 e. The van der Waals surface area contributed by atoms with Gasteiger partial charge in [0, 0.05) is 17.5 Å². The fourth-order valence-electron chi connectivity index (χ4n) is 2.02. The topological polar surface area (TPSA) is 24.9 Å². The molecule has 0 spiro atoms. The van der Waals surface area contributed by atoms with E-state index in [9.17, 15) is 8.78 Å². The summed E-state index contributed by atoms with van der Waals surface area (Å²) < 4.78 is 27.7. The summed E-state index contributed by atoms with van der Waals surface area (Å²) in [5, 5.41) is 2.91. The first-order chi connectivity index (χ1) is 9.52. The van der Waals surface area contributed by atoms with Gasteiger partial charge in [0.15, 0.2) is 0 Å². The van der Waals surface area contributed by atoms with Gasteiger partial charge >= 0.3 is 0 Å². The number of halogens is 3. The Morgan fingerprint density at radius 2 is 2.00 bits per heavy atom. The molecule has 0 radical (unpaired) electrons. The van der Waals surface area contributed by atoms with Crippen molar-refractivity contribution in [3.8, 4) is 0 Å². The number of hydrogen-bond donors (Lipinski definition) is 1. The van der Waals surface area contributed by atoms with E-state index < -0.39 is 17.7 Å². The Kier molecular flexibility index (Phi) is 4.68. The molecular weight excluding hydrogens is 282 g/mol. The van der Waals surface area contributed by atoms with Crippen LogP contribution < -0.4 is 5.32 Å². The molecule has 2 nitrogen and oxygen atoms in total. The number of aromatic nitrogens is 1. The molecule has 0 aliphatic carbocycles. The van der Waals surface area contributed by atoms with Gasteiger partial charge in [-0.05, 0) is 37.2 Å². The lowest BCUT2D eigenvalue weighted by molar-refractivity contribution is 0.544. The van der Waals surface area contributed by atoms with Crippen LogP contribution in [-0.2, 0) is 0 Å². The highest BCUT2D eigenvalue weighted by atomic mass is 35.5. The van der Waals surface area contributed by atoms with Crippen LogP contribution in [0.2, 0.25) is 5.02 Å². The summed E-state index contributed by atoms with van der Waals surface area (Å²) >= 11 is 5.59. The molecule has 1 heterocycles. The van der Waals surface area contributed by atoms with Gasteiger partial charge in [-0.2, -0.15) is 0 Å². The number of hydrogen-bond acceptors (Lipinski definition) is 2. The Morgan fingerprint density at radius 3 is 2.60 bits per heavy atom. The Hall–Kier alpha value is -1.52. The van der Waals surface area contributed by atoms with Gasteiger partial charge < -0.3 is 5.32 Å². The predicted molar refractivity (Wildman–Crippen MR) is 75.9 cm³/mol. The summed E-state index contributed by atoms with van der Waals surface area (Å²) in [5.41, 5.74) is 1.87. The van der Waals surface area contributed by atoms with Gasteiger partial charge in [-0.1, -0.05) is 24.6 Å². The maximum Gasteiger partial charge on any atom is 0.142 e. The van der Waals surface area contributed by atoms with Crippen LogP contribution in [0.5, 0.6) is 0 Å². The van der Waals surface area contributed by atoms with Gasteiger partial charge in [0.25, 0.3) is 0 Å². The van der Waals surface area contributed by atoms with Crippen LogP contribution in [0.3, 0.4) is 0 Å². The first kappa shape index (κ1) is 14.9. The smallest absolute Gasteiger partial charge is 0.142 e. The minimum atomic E-state index is -0.633. The molecule has 0 aliphatic heterocycles. The van der Waals surface area contributed by atoms with Crippen molar-refractivity contribution in [2.24, 2.45) is 0 Å². The van der Waals surface area contributed by atoms with E-state index in [0.717, 1.165) is 23.4 Å². The van der Waals surface area contributed by atoms with Crippen molar-refractivity contribution in [2.45, 2.75) is 19.9 Å². The van der Waals surface area contributed by atoms with Crippen LogP contribution in [-0.4, -0.2) is 11.5 Å². The summed E-state index contributed by atoms with van der Waals surface area (Å²) in [6, 6.07) is 5.36. The fourth-order valence-corrected chi connectivity index (χ4v) is 2.17. The van der Waals surface area contributed by atoms with E-state index in [0.29, 0.717) is 6.54 Å². The summed E-state index contributed by atoms with van der Waals surface area (Å²) in [5.74, 6) is -1.17. The molecule has 106 valence electrons. The van der Waals surface area contributed by atoms with Gasteiger partial charge in [-0.25, -0.2) is 8.78 Å². The van der Waals surface area contributed by atoms with Gasteiger partial charge in [0.2, 0.25) is 0 Å². The Labute approximate surface area is 121 Å². The molecule has 1 aromatic carbocycles. The van der Waals surface area contributed by atoms with Gasteiger partial charge in [0.1, 0.15) is 11.6 Å². The second-order valence-corrected chi connectivity index (χ2v) is 4.92. The molecule has 0 saturated carbocycles. The summed E-state index contributed by atoms with van der Waals surface area (Å²) in [7, 11) is 0. The Balaban J connectivity index is 2.48. The first-order valence-electron chi connectivity index (χ1n) is 6.33. The second-order valence-electron chi connectivity index (χ2n) is 4.51. The molecule has 0 fully saturated rings. The van der Waals surface area contributed by atoms with Crippen molar-refractivity contribution >= 4 is 11.6 Å². The lowest BCUT2D eigenvalue weighted by Crippen LogP contribution is -2.23. The van der Waals surface area contributed by atoms with Crippen LogP contribution >= 0.6 is 11.6 Å². The van der Waals surface area contributed by atoms with E-state index in [1.807, 2.05) is 26.0 Å². The van der Waals surface area contributed by atoms with Crippen molar-refractivity contribution in [2.75, 3.05) is 6.54 Å². The zero-order chi connectivity index (χ0) is 14.7. The SMILES string of the molecule is CCNC(c1ccc(C)nc1)c1cc(F)c(Cl)cc1F. The molecule has 5 heteroatoms. The van der Waals surface area contributed by atoms with E-state index in [-0.39, 0.29) is 10.6 Å². The zero-order valence-electron chi connectivity index (χ0n) is 11.3. The quantitative estimate of drug-likeness (QED) is 0.862. The molecule has 1 N–H and O–H groups in total. The van der Waals surface area contributed by atoms with Crippen molar-refractivity contribution in [3.63, 3.8) is 0 Å². The molecule has 0 aliphatic rings. The van der Waals surface area contributed by atoms with Crippen LogP contribution in [0.15, 0.2) is 30.5 Å². The molecule has 1 unspecified atom stereocenters. The van der Waals surface area contributed by atoms with Crippen molar-refractivity contribution in [3.05, 3.63) is 63.9 Å². The molecule has 0 amide bonds. The lowest BCUT2D eigenvalue weighted by Gasteiger charge is -2.19. The number of rotatable bonds is 4. The van der Waals surface area contributed by atoms with Crippen LogP contribution in [0.4, 0.5) is 8.78 Å². The summed E-state index contributed by atoms with van der Waals surface area (Å²) in [6.45, 7) is 4.38. The fraction of sp³-hybridized carbons (Fsp3) is 0.267. The van der Waals surface area contributed by atoms with Crippen molar-refractivity contribution < 1.29 is 8.78 Å². The predicted octanol–water partition coefficient (Wildman–Crippen LogP) is 4.02. The number of aryl methyl sites for hydroxylation is 1. The summed E-state index contributed by atoms with van der Waals surface area (Å²) in [4.78, 5) is 4.20. The normalized spacial score (nSPS) is 12.4. The standard InChI is InChI=1S/C15H15ClF2N2/c1-3-19-15(10-5-4-9(2)20-8-10)11-6-14(18)12(16)7-13(11)17/h4-8,15,19H,3H2,1-2H3. The average molecular weight is 297 g/mol. The molecule has 0 saturated heterocycles. The van der Waals surface area contributed by atoms with E-state index in [1.165, 1.54) is 0 Å². The third-order valence-electron chi connectivity index (χ3n) is 3.03. The number of pyridine rings is 1. The molecule has 2 rings (SSSR count). The van der Waals surface area contributed by atoms with Gasteiger partial charge in [-0.3, -0.25) is 4.98 Å². The van der Waals surface area contributed by atoms with E-state index in [4.69, 9.17) is 11.6 Å². The van der Waals surface area contributed by atoms with E-state index in [2.05, 4.69) is 10.3 Å². The minimum Gasteiger partial charge on any atom is -0.306 e. The molecule has 2 aromatic rings. The van der Waals surface area contributed by atoms with Gasteiger partial charge in [-0.15, -0.1) is 0 Å². The first-order valence-corrected chi connectivity index (χ1v) is 6.71. The van der Waals surface area contributed by atoms with Crippen LogP contribution in [0.25, 0.3) is 0 Å². The molecule has 20 heavy (non-hydrogen) atoms. The Bertz CT molecular complexity index is 600. The van der Waals surface area contributed by atoms with E-state index >= 15 is 0 Å². The highest BCUT2D eigenvalue weighted by Gasteiger charge is 2.19. The van der Waals surface area contributed by atoms with Crippen molar-refractivity contribution in [1.29, 1.82) is 0 Å². The second kappa shape index (κ2) is 6.29. The highest BCUT2D eigenvalue weighted by molar-refractivity contribution is 6.30. The molecule has 1 atom stereocenters. The van der Waals surface area contributed by atoms with Crippen LogP contribution in [0.1, 0.15) is 29.8 Å². The number of benzene rings is 1. The lowest BCUT2D eigenvalue weighted by atomic mass is 9.99. The van der Waals surface area contributed by atoms with Crippen molar-refractivity contribution in [1.82, 2.24) is 10.3 Å². The monoisotopic (exact) mass is 296 g/mol. The zero-order valence-corrected chi connectivity index (χ0v) is 12.0. The molecule has 0 bridgehead atoms. The number of nitrogens with one attached hydrogen (secondary N) is 1. The third-order valence-corrected chi connectivity index (χ3v) is 3.32. The highest BCUT2D eigenvalue weighted by Crippen LogP contribution is 2.28. The Morgan fingerprint density at radius 1 is 1.25 bits per heavy atom. The molecular formula is C15H15ClF2N2. The third kappa shape index (κ3) is 3.14. The summed E-state index contributed by atoms with van der Waals surface area (Å²) in [6.07, 6.45) is 1.66. The minimum absolute atomic E-state index is 0.219. The molecule has 1 aromatic heterocycles. The maximum absolute atomic E-state index is 14.1.